The third kappa shape index (κ3) is 8.34. The average molecular weight is 599 g/mol. The van der Waals surface area contributed by atoms with Crippen LogP contribution in [0.1, 0.15) is 52.7 Å². The van der Waals surface area contributed by atoms with E-state index in [1.165, 1.54) is 28.7 Å². The van der Waals surface area contributed by atoms with Crippen molar-refractivity contribution >= 4 is 40.5 Å². The largest absolute Gasteiger partial charge is 0.479 e. The maximum absolute atomic E-state index is 13.5. The molecular weight excluding hydrogens is 568 g/mol. The van der Waals surface area contributed by atoms with Crippen molar-refractivity contribution in [3.05, 3.63) is 95.1 Å². The van der Waals surface area contributed by atoms with Gasteiger partial charge in [0.1, 0.15) is 0 Å². The lowest BCUT2D eigenvalue weighted by molar-refractivity contribution is -0.142. The zero-order chi connectivity index (χ0) is 31.1. The predicted molar refractivity (Wildman–Crippen MR) is 155 cm³/mol. The topological polar surface area (TPSA) is 125 Å². The Morgan fingerprint density at radius 3 is 2.28 bits per heavy atom. The van der Waals surface area contributed by atoms with Gasteiger partial charge in [0.25, 0.3) is 5.91 Å². The summed E-state index contributed by atoms with van der Waals surface area (Å²) in [4.78, 5) is 37.8. The second kappa shape index (κ2) is 13.4. The van der Waals surface area contributed by atoms with Crippen molar-refractivity contribution in [3.8, 4) is 0 Å². The van der Waals surface area contributed by atoms with E-state index in [0.29, 0.717) is 11.3 Å². The number of carboxylic acids is 1. The molecule has 1 atom stereocenters. The van der Waals surface area contributed by atoms with E-state index in [9.17, 15) is 31.9 Å². The minimum atomic E-state index is -4.66. The van der Waals surface area contributed by atoms with E-state index in [1.54, 1.807) is 24.3 Å². The number of amides is 3. The Hall–Kier alpha value is -4.87. The quantitative estimate of drug-likeness (QED) is 0.162. The van der Waals surface area contributed by atoms with Gasteiger partial charge in [-0.05, 0) is 84.8 Å². The molecule has 3 aromatic rings. The van der Waals surface area contributed by atoms with Crippen molar-refractivity contribution in [1.29, 1.82) is 0 Å². The maximum Gasteiger partial charge on any atom is 0.416 e. The molecule has 0 bridgehead atoms. The van der Waals surface area contributed by atoms with Crippen molar-refractivity contribution in [2.45, 2.75) is 44.6 Å². The molecule has 3 amide bonds. The van der Waals surface area contributed by atoms with Gasteiger partial charge in [0, 0.05) is 22.6 Å². The number of nitrogen functional groups attached to an aromatic ring is 1. The fourth-order valence-electron chi connectivity index (χ4n) is 4.63. The first-order valence-electron chi connectivity index (χ1n) is 13.5. The molecular formula is C31H30F4N4O4. The number of nitrogens with two attached hydrogens (primary N) is 1. The van der Waals surface area contributed by atoms with Gasteiger partial charge in [-0.15, -0.1) is 0 Å². The number of alkyl halides is 4. The van der Waals surface area contributed by atoms with Crippen LogP contribution < -0.4 is 21.3 Å². The number of carboxylic acid groups (broad SMARTS) is 1. The summed E-state index contributed by atoms with van der Waals surface area (Å²) in [6, 6.07) is 15.3. The highest BCUT2D eigenvalue weighted by molar-refractivity contribution is 6.02. The molecule has 1 aliphatic carbocycles. The van der Waals surface area contributed by atoms with Gasteiger partial charge in [-0.3, -0.25) is 9.69 Å². The average Bonchev–Trinajstić information content (AvgIpc) is 2.98. The first-order chi connectivity index (χ1) is 20.4. The summed E-state index contributed by atoms with van der Waals surface area (Å²) in [7, 11) is 0. The second-order valence-electron chi connectivity index (χ2n) is 10.1. The van der Waals surface area contributed by atoms with Crippen LogP contribution in [0.25, 0.3) is 5.57 Å². The van der Waals surface area contributed by atoms with Crippen LogP contribution >= 0.6 is 0 Å². The Labute approximate surface area is 245 Å². The number of nitrogens with zero attached hydrogens (tertiary/aromatic N) is 1. The molecule has 0 aliphatic heterocycles. The first kappa shape index (κ1) is 31.1. The molecule has 226 valence electrons. The zero-order valence-corrected chi connectivity index (χ0v) is 23.0. The molecule has 8 nitrogen and oxygen atoms in total. The van der Waals surface area contributed by atoms with Gasteiger partial charge < -0.3 is 21.5 Å². The smallest absolute Gasteiger partial charge is 0.416 e. The summed E-state index contributed by atoms with van der Waals surface area (Å²) in [5.41, 5.74) is 7.78. The highest BCUT2D eigenvalue weighted by atomic mass is 19.4. The molecule has 43 heavy (non-hydrogen) atoms. The second-order valence-corrected chi connectivity index (χ2v) is 10.1. The van der Waals surface area contributed by atoms with E-state index in [2.05, 4.69) is 16.7 Å². The van der Waals surface area contributed by atoms with Crippen LogP contribution in [0.2, 0.25) is 0 Å². The van der Waals surface area contributed by atoms with Crippen LogP contribution in [0.4, 0.5) is 39.4 Å². The minimum Gasteiger partial charge on any atom is -0.479 e. The number of anilines is 3. The Morgan fingerprint density at radius 2 is 1.67 bits per heavy atom. The SMILES string of the molecule is Nc1cc(NC(=O)N(Cc2ccc(C(=O)NCC(F)C(=O)O)cc2)c2ccc(C3=CCCCC3)cc2)cc(C(F)(F)F)c1. The highest BCUT2D eigenvalue weighted by Gasteiger charge is 2.31. The third-order valence-electron chi connectivity index (χ3n) is 6.89. The standard InChI is InChI=1S/C31H30F4N4O4/c32-27(29(41)42)17-37-28(40)22-8-6-19(7-9-22)18-39(26-12-10-21(11-13-26)20-4-2-1-3-5-20)30(43)38-25-15-23(31(33,34)35)14-24(36)16-25/h4,6-16,27H,1-3,5,17-18,36H2,(H,37,40)(H,38,43)(H,41,42). The van der Waals surface area contributed by atoms with Gasteiger partial charge in [-0.25, -0.2) is 14.0 Å². The molecule has 0 heterocycles. The molecule has 5 N–H and O–H groups in total. The lowest BCUT2D eigenvalue weighted by Gasteiger charge is -2.24. The van der Waals surface area contributed by atoms with Gasteiger partial charge in [-0.1, -0.05) is 30.3 Å². The molecule has 1 unspecified atom stereocenters. The number of hydrogen-bond acceptors (Lipinski definition) is 4. The summed E-state index contributed by atoms with van der Waals surface area (Å²) in [6.07, 6.45) is -0.558. The maximum atomic E-state index is 13.5. The van der Waals surface area contributed by atoms with Crippen molar-refractivity contribution in [2.24, 2.45) is 0 Å². The number of carbonyl (C=O) groups excluding carboxylic acids is 2. The number of hydrogen-bond donors (Lipinski definition) is 4. The summed E-state index contributed by atoms with van der Waals surface area (Å²) in [6.45, 7) is -0.716. The fourth-order valence-corrected chi connectivity index (χ4v) is 4.63. The fraction of sp³-hybridized carbons (Fsp3) is 0.258. The molecule has 1 aliphatic rings. The van der Waals surface area contributed by atoms with Crippen molar-refractivity contribution < 1.29 is 37.1 Å². The van der Waals surface area contributed by atoms with Gasteiger partial charge in [-0.2, -0.15) is 13.2 Å². The molecule has 0 fully saturated rings. The number of carbonyl (C=O) groups is 3. The lowest BCUT2D eigenvalue weighted by atomic mass is 9.93. The van der Waals surface area contributed by atoms with Gasteiger partial charge in [0.05, 0.1) is 18.7 Å². The summed E-state index contributed by atoms with van der Waals surface area (Å²) >= 11 is 0. The van der Waals surface area contributed by atoms with Crippen molar-refractivity contribution in [2.75, 3.05) is 22.5 Å². The van der Waals surface area contributed by atoms with E-state index < -0.39 is 42.4 Å². The van der Waals surface area contributed by atoms with Crippen LogP contribution in [-0.4, -0.2) is 35.7 Å². The van der Waals surface area contributed by atoms with Crippen molar-refractivity contribution in [3.63, 3.8) is 0 Å². The molecule has 3 aromatic carbocycles. The van der Waals surface area contributed by atoms with E-state index in [-0.39, 0.29) is 23.5 Å². The number of nitrogens with one attached hydrogen (secondary N) is 2. The van der Waals surface area contributed by atoms with Gasteiger partial charge in [0.15, 0.2) is 0 Å². The number of halogens is 4. The van der Waals surface area contributed by atoms with Crippen LogP contribution in [0.3, 0.4) is 0 Å². The number of aliphatic carboxylic acids is 1. The molecule has 12 heteroatoms. The zero-order valence-electron chi connectivity index (χ0n) is 23.0. The number of urea groups is 1. The van der Waals surface area contributed by atoms with Gasteiger partial charge in [0.2, 0.25) is 6.17 Å². The monoisotopic (exact) mass is 598 g/mol. The summed E-state index contributed by atoms with van der Waals surface area (Å²) < 4.78 is 53.3. The molecule has 0 radical (unpaired) electrons. The number of benzene rings is 3. The van der Waals surface area contributed by atoms with Crippen LogP contribution in [0.15, 0.2) is 72.8 Å². The van der Waals surface area contributed by atoms with Crippen LogP contribution in [0.5, 0.6) is 0 Å². The van der Waals surface area contributed by atoms with Crippen LogP contribution in [-0.2, 0) is 17.5 Å². The summed E-state index contributed by atoms with van der Waals surface area (Å²) in [5, 5.41) is 13.3. The highest BCUT2D eigenvalue weighted by Crippen LogP contribution is 2.33. The first-order valence-corrected chi connectivity index (χ1v) is 13.5. The van der Waals surface area contributed by atoms with Gasteiger partial charge >= 0.3 is 18.2 Å². The number of allylic oxidation sites excluding steroid dienone is 2. The summed E-state index contributed by atoms with van der Waals surface area (Å²) in [5.74, 6) is -2.37. The molecule has 4 rings (SSSR count). The minimum absolute atomic E-state index is 0.0181. The van der Waals surface area contributed by atoms with E-state index >= 15 is 0 Å². The Kier molecular flexibility index (Phi) is 9.69. The molecule has 0 saturated carbocycles. The Balaban J connectivity index is 1.57. The molecule has 0 saturated heterocycles. The van der Waals surface area contributed by atoms with Crippen LogP contribution in [0, 0.1) is 0 Å². The Morgan fingerprint density at radius 1 is 0.977 bits per heavy atom. The third-order valence-corrected chi connectivity index (χ3v) is 6.89. The van der Waals surface area contributed by atoms with Crippen molar-refractivity contribution in [1.82, 2.24) is 5.32 Å². The van der Waals surface area contributed by atoms with E-state index in [1.807, 2.05) is 12.1 Å². The Bertz CT molecular complexity index is 1510. The van der Waals surface area contributed by atoms with E-state index in [0.717, 1.165) is 43.4 Å². The van der Waals surface area contributed by atoms with E-state index in [4.69, 9.17) is 10.8 Å². The lowest BCUT2D eigenvalue weighted by Crippen LogP contribution is -2.35. The number of rotatable bonds is 9. The molecule has 0 spiro atoms. The predicted octanol–water partition coefficient (Wildman–Crippen LogP) is 6.64. The normalized spacial score (nSPS) is 13.9. The molecule has 0 aromatic heterocycles.